The molecule has 0 saturated carbocycles. The fraction of sp³-hybridized carbons (Fsp3) is 0.231. The summed E-state index contributed by atoms with van der Waals surface area (Å²) < 4.78 is 7.29. The summed E-state index contributed by atoms with van der Waals surface area (Å²) >= 11 is 12.2. The van der Waals surface area contributed by atoms with Crippen molar-refractivity contribution in [2.45, 2.75) is 20.4 Å². The Bertz CT molecular complexity index is 643. The van der Waals surface area contributed by atoms with Crippen molar-refractivity contribution in [2.75, 3.05) is 5.32 Å². The Hall–Kier alpha value is -0.920. The molecule has 0 unspecified atom stereocenters. The number of thiocarbonyl (C=S) groups is 1. The monoisotopic (exact) mass is 417 g/mol. The topological polar surface area (TPSA) is 50.1 Å². The Morgan fingerprint density at radius 1 is 1.35 bits per heavy atom. The fourth-order valence-electron chi connectivity index (χ4n) is 1.54. The summed E-state index contributed by atoms with van der Waals surface area (Å²) in [5.74, 6) is 2.40. The quantitative estimate of drug-likeness (QED) is 0.727. The maximum atomic E-state index is 5.46. The summed E-state index contributed by atoms with van der Waals surface area (Å²) in [4.78, 5) is 4.28. The van der Waals surface area contributed by atoms with E-state index in [4.69, 9.17) is 16.6 Å². The van der Waals surface area contributed by atoms with Gasteiger partial charge in [0, 0.05) is 10.7 Å². The first-order valence-corrected chi connectivity index (χ1v) is 7.87. The SMILES string of the molecule is Cc1ccc(CNC(=S)Nc2ncc(Br)c(C)c2Br)o1. The molecular weight excluding hydrogens is 406 g/mol. The molecule has 4 nitrogen and oxygen atoms in total. The highest BCUT2D eigenvalue weighted by Gasteiger charge is 2.09. The molecule has 0 fully saturated rings. The van der Waals surface area contributed by atoms with Gasteiger partial charge in [-0.1, -0.05) is 0 Å². The molecule has 20 heavy (non-hydrogen) atoms. The summed E-state index contributed by atoms with van der Waals surface area (Å²) in [6.07, 6.45) is 1.74. The lowest BCUT2D eigenvalue weighted by atomic mass is 10.3. The van der Waals surface area contributed by atoms with E-state index in [2.05, 4.69) is 47.5 Å². The van der Waals surface area contributed by atoms with Crippen molar-refractivity contribution < 1.29 is 4.42 Å². The second-order valence-corrected chi connectivity index (χ2v) is 6.27. The van der Waals surface area contributed by atoms with Gasteiger partial charge in [0.25, 0.3) is 0 Å². The number of aromatic nitrogens is 1. The van der Waals surface area contributed by atoms with Crippen molar-refractivity contribution in [1.82, 2.24) is 10.3 Å². The zero-order valence-corrected chi connectivity index (χ0v) is 14.9. The van der Waals surface area contributed by atoms with Crippen LogP contribution >= 0.6 is 44.1 Å². The number of hydrogen-bond acceptors (Lipinski definition) is 3. The van der Waals surface area contributed by atoms with Crippen LogP contribution in [-0.4, -0.2) is 10.1 Å². The number of nitrogens with one attached hydrogen (secondary N) is 2. The van der Waals surface area contributed by atoms with Crippen molar-refractivity contribution >= 4 is 55.0 Å². The van der Waals surface area contributed by atoms with E-state index in [1.807, 2.05) is 26.0 Å². The molecule has 2 N–H and O–H groups in total. The van der Waals surface area contributed by atoms with Gasteiger partial charge in [-0.15, -0.1) is 0 Å². The third kappa shape index (κ3) is 3.80. The molecule has 0 radical (unpaired) electrons. The number of furan rings is 1. The summed E-state index contributed by atoms with van der Waals surface area (Å²) in [6.45, 7) is 4.43. The molecule has 0 aliphatic carbocycles. The zero-order chi connectivity index (χ0) is 14.7. The number of rotatable bonds is 3. The molecular formula is C13H13Br2N3OS. The van der Waals surface area contributed by atoms with E-state index >= 15 is 0 Å². The van der Waals surface area contributed by atoms with Crippen LogP contribution in [0.25, 0.3) is 0 Å². The molecule has 2 heterocycles. The van der Waals surface area contributed by atoms with Crippen LogP contribution in [-0.2, 0) is 6.54 Å². The van der Waals surface area contributed by atoms with Crippen molar-refractivity contribution in [2.24, 2.45) is 0 Å². The van der Waals surface area contributed by atoms with Crippen LogP contribution in [0.4, 0.5) is 5.82 Å². The van der Waals surface area contributed by atoms with E-state index < -0.39 is 0 Å². The van der Waals surface area contributed by atoms with E-state index in [-0.39, 0.29) is 0 Å². The number of nitrogens with zero attached hydrogens (tertiary/aromatic N) is 1. The molecule has 7 heteroatoms. The summed E-state index contributed by atoms with van der Waals surface area (Å²) in [5.41, 5.74) is 1.06. The second-order valence-electron chi connectivity index (χ2n) is 4.21. The molecule has 106 valence electrons. The molecule has 2 aromatic heterocycles. The van der Waals surface area contributed by atoms with E-state index in [9.17, 15) is 0 Å². The van der Waals surface area contributed by atoms with Crippen LogP contribution in [0, 0.1) is 13.8 Å². The predicted molar refractivity (Wildman–Crippen MR) is 90.9 cm³/mol. The van der Waals surface area contributed by atoms with Crippen LogP contribution in [0.5, 0.6) is 0 Å². The average Bonchev–Trinajstić information content (AvgIpc) is 2.83. The first-order chi connectivity index (χ1) is 9.47. The molecule has 2 aromatic rings. The number of hydrogen-bond donors (Lipinski definition) is 2. The Morgan fingerprint density at radius 3 is 2.75 bits per heavy atom. The Balaban J connectivity index is 1.96. The van der Waals surface area contributed by atoms with E-state index in [0.717, 1.165) is 26.0 Å². The third-order valence-electron chi connectivity index (χ3n) is 2.65. The average molecular weight is 419 g/mol. The lowest BCUT2D eigenvalue weighted by Gasteiger charge is -2.12. The largest absolute Gasteiger partial charge is 0.465 e. The normalized spacial score (nSPS) is 10.4. The Labute approximate surface area is 139 Å². The summed E-state index contributed by atoms with van der Waals surface area (Å²) in [6, 6.07) is 3.84. The molecule has 0 spiro atoms. The van der Waals surface area contributed by atoms with Gasteiger partial charge in [-0.3, -0.25) is 0 Å². The second kappa shape index (κ2) is 6.69. The minimum atomic E-state index is 0.494. The van der Waals surface area contributed by atoms with Gasteiger partial charge in [0.15, 0.2) is 5.11 Å². The van der Waals surface area contributed by atoms with Gasteiger partial charge in [-0.25, -0.2) is 4.98 Å². The van der Waals surface area contributed by atoms with Crippen LogP contribution in [0.2, 0.25) is 0 Å². The van der Waals surface area contributed by atoms with Crippen molar-refractivity contribution in [3.05, 3.63) is 44.4 Å². The molecule has 2 rings (SSSR count). The predicted octanol–water partition coefficient (Wildman–Crippen LogP) is 4.30. The number of aryl methyl sites for hydroxylation is 1. The number of halogens is 2. The van der Waals surface area contributed by atoms with Crippen molar-refractivity contribution in [3.63, 3.8) is 0 Å². The van der Waals surface area contributed by atoms with Gasteiger partial charge in [0.05, 0.1) is 11.0 Å². The van der Waals surface area contributed by atoms with Crippen LogP contribution in [0.3, 0.4) is 0 Å². The number of pyridine rings is 1. The molecule has 0 aliphatic rings. The lowest BCUT2D eigenvalue weighted by molar-refractivity contribution is 0.478. The maximum Gasteiger partial charge on any atom is 0.172 e. The summed E-state index contributed by atoms with van der Waals surface area (Å²) in [7, 11) is 0. The molecule has 0 amide bonds. The lowest BCUT2D eigenvalue weighted by Crippen LogP contribution is -2.28. The standard InChI is InChI=1S/C13H13Br2N3OS/c1-7-3-4-9(19-7)5-17-13(20)18-12-11(15)8(2)10(14)6-16-12/h3-4,6H,5H2,1-2H3,(H2,16,17,18,20). The molecule has 0 aromatic carbocycles. The molecule has 0 bridgehead atoms. The van der Waals surface area contributed by atoms with Gasteiger partial charge in [0.1, 0.15) is 17.3 Å². The van der Waals surface area contributed by atoms with Gasteiger partial charge in [0.2, 0.25) is 0 Å². The van der Waals surface area contributed by atoms with Crippen LogP contribution in [0.1, 0.15) is 17.1 Å². The van der Waals surface area contributed by atoms with Gasteiger partial charge >= 0.3 is 0 Å². The molecule has 0 atom stereocenters. The van der Waals surface area contributed by atoms with Crippen molar-refractivity contribution in [3.8, 4) is 0 Å². The first kappa shape index (κ1) is 15.5. The Kier molecular flexibility index (Phi) is 5.17. The molecule has 0 aliphatic heterocycles. The smallest absolute Gasteiger partial charge is 0.172 e. The molecule has 0 saturated heterocycles. The van der Waals surface area contributed by atoms with Gasteiger partial charge in [-0.05, 0) is 75.6 Å². The minimum Gasteiger partial charge on any atom is -0.465 e. The van der Waals surface area contributed by atoms with Crippen LogP contribution in [0.15, 0.2) is 31.7 Å². The van der Waals surface area contributed by atoms with Gasteiger partial charge < -0.3 is 15.1 Å². The highest BCUT2D eigenvalue weighted by Crippen LogP contribution is 2.29. The first-order valence-electron chi connectivity index (χ1n) is 5.88. The maximum absolute atomic E-state index is 5.46. The van der Waals surface area contributed by atoms with Gasteiger partial charge in [-0.2, -0.15) is 0 Å². The Morgan fingerprint density at radius 2 is 2.10 bits per heavy atom. The van der Waals surface area contributed by atoms with Crippen LogP contribution < -0.4 is 10.6 Å². The van der Waals surface area contributed by atoms with E-state index in [1.165, 1.54) is 0 Å². The minimum absolute atomic E-state index is 0.494. The summed E-state index contributed by atoms with van der Waals surface area (Å²) in [5, 5.41) is 6.63. The highest BCUT2D eigenvalue weighted by atomic mass is 79.9. The van der Waals surface area contributed by atoms with Crippen molar-refractivity contribution in [1.29, 1.82) is 0 Å². The fourth-order valence-corrected chi connectivity index (χ4v) is 2.69. The number of anilines is 1. The highest BCUT2D eigenvalue weighted by molar-refractivity contribution is 9.11. The van der Waals surface area contributed by atoms with E-state index in [1.54, 1.807) is 6.20 Å². The van der Waals surface area contributed by atoms with E-state index in [0.29, 0.717) is 17.5 Å². The third-order valence-corrected chi connectivity index (χ3v) is 4.67. The zero-order valence-electron chi connectivity index (χ0n) is 11.0.